The van der Waals surface area contributed by atoms with Crippen LogP contribution in [0.15, 0.2) is 54.6 Å². The first-order chi connectivity index (χ1) is 10.5. The second-order valence-electron chi connectivity index (χ2n) is 4.98. The highest BCUT2D eigenvalue weighted by molar-refractivity contribution is 6.30. The molecule has 114 valence electrons. The van der Waals surface area contributed by atoms with Crippen LogP contribution < -0.4 is 5.32 Å². The third-order valence-corrected chi connectivity index (χ3v) is 3.49. The molecule has 0 bridgehead atoms. The maximum atomic E-state index is 12.0. The van der Waals surface area contributed by atoms with E-state index in [0.29, 0.717) is 17.1 Å². The lowest BCUT2D eigenvalue weighted by atomic mass is 9.96. The van der Waals surface area contributed by atoms with E-state index < -0.39 is 11.9 Å². The summed E-state index contributed by atoms with van der Waals surface area (Å²) in [6, 6.07) is 15.9. The number of carboxylic acids is 1. The molecule has 0 saturated heterocycles. The Bertz CT molecular complexity index is 641. The Morgan fingerprint density at radius 1 is 1.05 bits per heavy atom. The summed E-state index contributed by atoms with van der Waals surface area (Å²) < 4.78 is 0. The summed E-state index contributed by atoms with van der Waals surface area (Å²) in [5.74, 6) is -2.06. The zero-order valence-corrected chi connectivity index (χ0v) is 12.6. The summed E-state index contributed by atoms with van der Waals surface area (Å²) in [6.45, 7) is 0. The highest BCUT2D eigenvalue weighted by Crippen LogP contribution is 2.16. The van der Waals surface area contributed by atoms with Crippen molar-refractivity contribution in [1.29, 1.82) is 0 Å². The van der Waals surface area contributed by atoms with E-state index in [1.807, 2.05) is 30.3 Å². The van der Waals surface area contributed by atoms with Gasteiger partial charge in [-0.05, 0) is 36.2 Å². The number of nitrogens with one attached hydrogen (secondary N) is 1. The lowest BCUT2D eigenvalue weighted by Crippen LogP contribution is -2.24. The average Bonchev–Trinajstić information content (AvgIpc) is 2.50. The highest BCUT2D eigenvalue weighted by atomic mass is 35.5. The number of hydrogen-bond donors (Lipinski definition) is 2. The van der Waals surface area contributed by atoms with E-state index in [4.69, 9.17) is 11.6 Å². The number of anilines is 1. The first kappa shape index (κ1) is 16.0. The van der Waals surface area contributed by atoms with Crippen LogP contribution in [0.3, 0.4) is 0 Å². The number of rotatable bonds is 6. The fourth-order valence-corrected chi connectivity index (χ4v) is 2.24. The first-order valence-corrected chi connectivity index (χ1v) is 7.24. The van der Waals surface area contributed by atoms with E-state index in [9.17, 15) is 14.7 Å². The zero-order chi connectivity index (χ0) is 15.9. The lowest BCUT2D eigenvalue weighted by Gasteiger charge is -2.12. The highest BCUT2D eigenvalue weighted by Gasteiger charge is 2.21. The minimum atomic E-state index is -0.977. The maximum Gasteiger partial charge on any atom is 0.307 e. The third-order valence-electron chi connectivity index (χ3n) is 3.23. The Labute approximate surface area is 133 Å². The van der Waals surface area contributed by atoms with Crippen molar-refractivity contribution in [3.05, 3.63) is 65.2 Å². The number of benzene rings is 2. The Hall–Kier alpha value is -2.33. The molecule has 1 atom stereocenters. The normalized spacial score (nSPS) is 11.7. The van der Waals surface area contributed by atoms with E-state index in [2.05, 4.69) is 5.32 Å². The van der Waals surface area contributed by atoms with Crippen molar-refractivity contribution in [3.63, 3.8) is 0 Å². The van der Waals surface area contributed by atoms with Gasteiger partial charge in [0, 0.05) is 17.1 Å². The molecule has 0 aliphatic rings. The molecule has 0 aliphatic carbocycles. The minimum Gasteiger partial charge on any atom is -0.481 e. The largest absolute Gasteiger partial charge is 0.481 e. The standard InChI is InChI=1S/C17H16ClNO3/c18-14-6-8-15(9-7-14)19-16(20)11-13(17(21)22)10-12-4-2-1-3-5-12/h1-9,13H,10-11H2,(H,19,20)(H,21,22)/t13-/m1/s1. The number of halogens is 1. The Balaban J connectivity index is 1.97. The second-order valence-corrected chi connectivity index (χ2v) is 5.42. The molecule has 4 nitrogen and oxygen atoms in total. The van der Waals surface area contributed by atoms with Crippen LogP contribution in [0.25, 0.3) is 0 Å². The van der Waals surface area contributed by atoms with Crippen LogP contribution in [0.4, 0.5) is 5.69 Å². The van der Waals surface area contributed by atoms with E-state index in [1.165, 1.54) is 0 Å². The number of hydrogen-bond acceptors (Lipinski definition) is 2. The van der Waals surface area contributed by atoms with Gasteiger partial charge in [-0.2, -0.15) is 0 Å². The van der Waals surface area contributed by atoms with Gasteiger partial charge in [0.1, 0.15) is 0 Å². The minimum absolute atomic E-state index is 0.0765. The van der Waals surface area contributed by atoms with Crippen LogP contribution >= 0.6 is 11.6 Å². The molecular formula is C17H16ClNO3. The number of carbonyl (C=O) groups excluding carboxylic acids is 1. The van der Waals surface area contributed by atoms with Gasteiger partial charge in [0.25, 0.3) is 0 Å². The van der Waals surface area contributed by atoms with Gasteiger partial charge in [-0.25, -0.2) is 0 Å². The fraction of sp³-hybridized carbons (Fsp3) is 0.176. The predicted molar refractivity (Wildman–Crippen MR) is 86.0 cm³/mol. The molecule has 22 heavy (non-hydrogen) atoms. The number of amides is 1. The molecule has 0 fully saturated rings. The number of carbonyl (C=O) groups is 2. The van der Waals surface area contributed by atoms with Crippen molar-refractivity contribution in [2.45, 2.75) is 12.8 Å². The molecule has 2 rings (SSSR count). The molecule has 2 N–H and O–H groups in total. The summed E-state index contributed by atoms with van der Waals surface area (Å²) in [7, 11) is 0. The van der Waals surface area contributed by atoms with Gasteiger partial charge in [-0.15, -0.1) is 0 Å². The molecule has 5 heteroatoms. The van der Waals surface area contributed by atoms with Crippen LogP contribution in [0, 0.1) is 5.92 Å². The molecule has 0 aliphatic heterocycles. The van der Waals surface area contributed by atoms with Gasteiger partial charge in [-0.1, -0.05) is 41.9 Å². The molecule has 0 unspecified atom stereocenters. The topological polar surface area (TPSA) is 66.4 Å². The Morgan fingerprint density at radius 3 is 2.27 bits per heavy atom. The molecule has 0 heterocycles. The Kier molecular flexibility index (Phi) is 5.55. The van der Waals surface area contributed by atoms with Crippen molar-refractivity contribution in [3.8, 4) is 0 Å². The molecule has 2 aromatic carbocycles. The van der Waals surface area contributed by atoms with Crippen LogP contribution in [0.2, 0.25) is 5.02 Å². The SMILES string of the molecule is O=C(C[C@@H](Cc1ccccc1)C(=O)O)Nc1ccc(Cl)cc1. The van der Waals surface area contributed by atoms with Crippen LogP contribution in [-0.2, 0) is 16.0 Å². The summed E-state index contributed by atoms with van der Waals surface area (Å²) in [4.78, 5) is 23.3. The summed E-state index contributed by atoms with van der Waals surface area (Å²) in [5, 5.41) is 12.5. The van der Waals surface area contributed by atoms with Crippen molar-refractivity contribution < 1.29 is 14.7 Å². The van der Waals surface area contributed by atoms with E-state index in [1.54, 1.807) is 24.3 Å². The van der Waals surface area contributed by atoms with E-state index in [-0.39, 0.29) is 12.3 Å². The van der Waals surface area contributed by atoms with Gasteiger partial charge in [0.15, 0.2) is 0 Å². The van der Waals surface area contributed by atoms with Gasteiger partial charge < -0.3 is 10.4 Å². The van der Waals surface area contributed by atoms with Crippen molar-refractivity contribution in [1.82, 2.24) is 0 Å². The van der Waals surface area contributed by atoms with Crippen LogP contribution in [-0.4, -0.2) is 17.0 Å². The van der Waals surface area contributed by atoms with Crippen molar-refractivity contribution in [2.75, 3.05) is 5.32 Å². The van der Waals surface area contributed by atoms with Crippen LogP contribution in [0.1, 0.15) is 12.0 Å². The smallest absolute Gasteiger partial charge is 0.307 e. The number of aliphatic carboxylic acids is 1. The molecule has 0 radical (unpaired) electrons. The molecule has 2 aromatic rings. The lowest BCUT2D eigenvalue weighted by molar-refractivity contribution is -0.143. The maximum absolute atomic E-state index is 12.0. The van der Waals surface area contributed by atoms with E-state index in [0.717, 1.165) is 5.56 Å². The monoisotopic (exact) mass is 317 g/mol. The third kappa shape index (κ3) is 4.90. The first-order valence-electron chi connectivity index (χ1n) is 6.87. The fourth-order valence-electron chi connectivity index (χ4n) is 2.11. The van der Waals surface area contributed by atoms with Gasteiger partial charge in [-0.3, -0.25) is 9.59 Å². The predicted octanol–water partition coefficient (Wildman–Crippen LogP) is 3.61. The zero-order valence-electron chi connectivity index (χ0n) is 11.8. The molecule has 0 saturated carbocycles. The summed E-state index contributed by atoms with van der Waals surface area (Å²) in [6.07, 6.45) is 0.247. The summed E-state index contributed by atoms with van der Waals surface area (Å²) in [5.41, 5.74) is 1.49. The van der Waals surface area contributed by atoms with Crippen molar-refractivity contribution in [2.24, 2.45) is 5.92 Å². The Morgan fingerprint density at radius 2 is 1.68 bits per heavy atom. The van der Waals surface area contributed by atoms with Gasteiger partial charge in [0.2, 0.25) is 5.91 Å². The quantitative estimate of drug-likeness (QED) is 0.855. The molecule has 0 aromatic heterocycles. The summed E-state index contributed by atoms with van der Waals surface area (Å²) >= 11 is 5.77. The number of carboxylic acid groups (broad SMARTS) is 1. The van der Waals surface area contributed by atoms with Gasteiger partial charge in [0.05, 0.1) is 5.92 Å². The van der Waals surface area contributed by atoms with Crippen molar-refractivity contribution >= 4 is 29.2 Å². The second kappa shape index (κ2) is 7.61. The molecular weight excluding hydrogens is 302 g/mol. The van der Waals surface area contributed by atoms with Crippen LogP contribution in [0.5, 0.6) is 0 Å². The van der Waals surface area contributed by atoms with Gasteiger partial charge >= 0.3 is 5.97 Å². The van der Waals surface area contributed by atoms with E-state index >= 15 is 0 Å². The average molecular weight is 318 g/mol. The molecule has 1 amide bonds. The molecule has 0 spiro atoms.